The van der Waals surface area contributed by atoms with E-state index in [-0.39, 0.29) is 5.92 Å². The van der Waals surface area contributed by atoms with Crippen LogP contribution < -0.4 is 0 Å². The van der Waals surface area contributed by atoms with Crippen LogP contribution in [0.4, 0.5) is 0 Å². The molecule has 0 saturated carbocycles. The first kappa shape index (κ1) is 11.0. The van der Waals surface area contributed by atoms with Gasteiger partial charge in [0, 0.05) is 21.6 Å². The molecule has 2 aromatic rings. The molecule has 2 rings (SSSR count). The number of carboxylic acid groups (broad SMARTS) is 1. The van der Waals surface area contributed by atoms with Crippen molar-refractivity contribution >= 4 is 28.5 Å². The fourth-order valence-electron chi connectivity index (χ4n) is 1.85. The number of aromatic nitrogens is 1. The molecule has 0 spiro atoms. The molecule has 1 aromatic heterocycles. The molecule has 0 radical (unpaired) electrons. The molecule has 3 nitrogen and oxygen atoms in total. The zero-order chi connectivity index (χ0) is 11.9. The van der Waals surface area contributed by atoms with Crippen LogP contribution in [-0.2, 0) is 0 Å². The Morgan fingerprint density at radius 2 is 2.12 bits per heavy atom. The third-order valence-electron chi connectivity index (χ3n) is 2.58. The van der Waals surface area contributed by atoms with Crippen LogP contribution in [0.2, 0.25) is 5.02 Å². The minimum absolute atomic E-state index is 0.136. The van der Waals surface area contributed by atoms with Crippen LogP contribution in [0.1, 0.15) is 35.8 Å². The Hall–Kier alpha value is -1.48. The zero-order valence-electron chi connectivity index (χ0n) is 9.04. The molecule has 0 fully saturated rings. The van der Waals surface area contributed by atoms with Crippen LogP contribution in [0.25, 0.3) is 10.9 Å². The van der Waals surface area contributed by atoms with Crippen molar-refractivity contribution in [3.05, 3.63) is 34.5 Å². The monoisotopic (exact) mass is 237 g/mol. The number of carboxylic acids is 1. The average Bonchev–Trinajstić information content (AvgIpc) is 2.55. The van der Waals surface area contributed by atoms with Crippen molar-refractivity contribution < 1.29 is 9.90 Å². The van der Waals surface area contributed by atoms with Crippen LogP contribution in [0.5, 0.6) is 0 Å². The fourth-order valence-corrected chi connectivity index (χ4v) is 2.02. The number of halogens is 1. The van der Waals surface area contributed by atoms with E-state index in [1.165, 1.54) is 0 Å². The third-order valence-corrected chi connectivity index (χ3v) is 2.82. The number of benzene rings is 1. The average molecular weight is 238 g/mol. The van der Waals surface area contributed by atoms with Crippen molar-refractivity contribution in [3.8, 4) is 0 Å². The second-order valence-corrected chi connectivity index (χ2v) is 4.50. The van der Waals surface area contributed by atoms with Gasteiger partial charge in [0.2, 0.25) is 0 Å². The lowest BCUT2D eigenvalue weighted by Crippen LogP contribution is -2.01. The van der Waals surface area contributed by atoms with E-state index in [1.807, 2.05) is 13.8 Å². The number of H-pyrrole nitrogens is 1. The summed E-state index contributed by atoms with van der Waals surface area (Å²) < 4.78 is 0. The van der Waals surface area contributed by atoms with Crippen molar-refractivity contribution in [1.29, 1.82) is 0 Å². The van der Waals surface area contributed by atoms with Gasteiger partial charge in [-0.1, -0.05) is 25.4 Å². The summed E-state index contributed by atoms with van der Waals surface area (Å²) in [5.74, 6) is -0.783. The summed E-state index contributed by atoms with van der Waals surface area (Å²) in [5, 5.41) is 10.4. The lowest BCUT2D eigenvalue weighted by molar-refractivity contribution is 0.0697. The smallest absolute Gasteiger partial charge is 0.338 e. The second kappa shape index (κ2) is 3.83. The number of hydrogen-bond donors (Lipinski definition) is 2. The Balaban J connectivity index is 2.82. The van der Waals surface area contributed by atoms with Crippen molar-refractivity contribution in [2.24, 2.45) is 0 Å². The molecular formula is C12H12ClNO2. The normalized spacial score (nSPS) is 11.2. The summed E-state index contributed by atoms with van der Waals surface area (Å²) in [6.07, 6.45) is 0. The summed E-state index contributed by atoms with van der Waals surface area (Å²) in [6.45, 7) is 3.91. The van der Waals surface area contributed by atoms with Crippen LogP contribution in [0.3, 0.4) is 0 Å². The Morgan fingerprint density at radius 3 is 2.69 bits per heavy atom. The Kier molecular flexibility index (Phi) is 2.64. The Morgan fingerprint density at radius 1 is 1.44 bits per heavy atom. The highest BCUT2D eigenvalue weighted by Crippen LogP contribution is 2.29. The first-order valence-corrected chi connectivity index (χ1v) is 5.43. The number of carbonyl (C=O) groups is 1. The molecule has 0 amide bonds. The van der Waals surface area contributed by atoms with Gasteiger partial charge in [0.15, 0.2) is 0 Å². The molecule has 4 heteroatoms. The standard InChI is InChI=1S/C12H12ClNO2/c1-6(2)11-10(12(15)16)8-5-7(13)3-4-9(8)14-11/h3-6,14H,1-2H3,(H,15,16). The third kappa shape index (κ3) is 1.67. The minimum atomic E-state index is -0.919. The van der Waals surface area contributed by atoms with E-state index < -0.39 is 5.97 Å². The topological polar surface area (TPSA) is 53.1 Å². The van der Waals surface area contributed by atoms with E-state index in [0.29, 0.717) is 16.0 Å². The van der Waals surface area contributed by atoms with Gasteiger partial charge in [0.1, 0.15) is 0 Å². The predicted molar refractivity (Wildman–Crippen MR) is 64.4 cm³/mol. The number of aromatic carboxylic acids is 1. The first-order chi connectivity index (χ1) is 7.50. The van der Waals surface area contributed by atoms with Gasteiger partial charge in [0.05, 0.1) is 5.56 Å². The highest BCUT2D eigenvalue weighted by molar-refractivity contribution is 6.31. The molecule has 0 atom stereocenters. The summed E-state index contributed by atoms with van der Waals surface area (Å²) in [7, 11) is 0. The minimum Gasteiger partial charge on any atom is -0.478 e. The molecule has 0 saturated heterocycles. The zero-order valence-corrected chi connectivity index (χ0v) is 9.80. The number of fused-ring (bicyclic) bond motifs is 1. The molecule has 16 heavy (non-hydrogen) atoms. The second-order valence-electron chi connectivity index (χ2n) is 4.06. The maximum atomic E-state index is 11.2. The number of aromatic amines is 1. The summed E-state index contributed by atoms with van der Waals surface area (Å²) in [6, 6.07) is 5.23. The van der Waals surface area contributed by atoms with Gasteiger partial charge >= 0.3 is 5.97 Å². The van der Waals surface area contributed by atoms with Crippen LogP contribution in [-0.4, -0.2) is 16.1 Å². The van der Waals surface area contributed by atoms with Crippen molar-refractivity contribution in [1.82, 2.24) is 4.98 Å². The lowest BCUT2D eigenvalue weighted by atomic mass is 10.0. The quantitative estimate of drug-likeness (QED) is 0.838. The van der Waals surface area contributed by atoms with E-state index in [9.17, 15) is 9.90 Å². The SMILES string of the molecule is CC(C)c1[nH]c2ccc(Cl)cc2c1C(=O)O. The molecule has 1 heterocycles. The van der Waals surface area contributed by atoms with Gasteiger partial charge in [-0.25, -0.2) is 4.79 Å². The van der Waals surface area contributed by atoms with E-state index in [2.05, 4.69) is 4.98 Å². The van der Waals surface area contributed by atoms with Crippen LogP contribution in [0, 0.1) is 0 Å². The lowest BCUT2D eigenvalue weighted by Gasteiger charge is -2.03. The van der Waals surface area contributed by atoms with E-state index >= 15 is 0 Å². The molecule has 0 aliphatic carbocycles. The summed E-state index contributed by atoms with van der Waals surface area (Å²) >= 11 is 5.88. The fraction of sp³-hybridized carbons (Fsp3) is 0.250. The van der Waals surface area contributed by atoms with E-state index in [4.69, 9.17) is 11.6 Å². The van der Waals surface area contributed by atoms with Crippen LogP contribution >= 0.6 is 11.6 Å². The van der Waals surface area contributed by atoms with Gasteiger partial charge in [-0.05, 0) is 24.1 Å². The molecule has 1 aromatic carbocycles. The summed E-state index contributed by atoms with van der Waals surface area (Å²) in [5.41, 5.74) is 1.88. The van der Waals surface area contributed by atoms with Crippen molar-refractivity contribution in [3.63, 3.8) is 0 Å². The number of rotatable bonds is 2. The van der Waals surface area contributed by atoms with Gasteiger partial charge < -0.3 is 10.1 Å². The Labute approximate surface area is 98.0 Å². The number of hydrogen-bond acceptors (Lipinski definition) is 1. The summed E-state index contributed by atoms with van der Waals surface area (Å²) in [4.78, 5) is 14.4. The first-order valence-electron chi connectivity index (χ1n) is 5.05. The van der Waals surface area contributed by atoms with Crippen molar-refractivity contribution in [2.75, 3.05) is 0 Å². The largest absolute Gasteiger partial charge is 0.478 e. The van der Waals surface area contributed by atoms with Gasteiger partial charge in [-0.3, -0.25) is 0 Å². The molecule has 0 aliphatic heterocycles. The molecular weight excluding hydrogens is 226 g/mol. The van der Waals surface area contributed by atoms with Gasteiger partial charge in [0.25, 0.3) is 0 Å². The maximum Gasteiger partial charge on any atom is 0.338 e. The molecule has 0 aliphatic rings. The maximum absolute atomic E-state index is 11.2. The Bertz CT molecular complexity index is 557. The van der Waals surface area contributed by atoms with E-state index in [1.54, 1.807) is 18.2 Å². The molecule has 0 unspecified atom stereocenters. The molecule has 2 N–H and O–H groups in total. The highest BCUT2D eigenvalue weighted by atomic mass is 35.5. The van der Waals surface area contributed by atoms with Gasteiger partial charge in [-0.15, -0.1) is 0 Å². The number of nitrogens with one attached hydrogen (secondary N) is 1. The van der Waals surface area contributed by atoms with Gasteiger partial charge in [-0.2, -0.15) is 0 Å². The molecule has 84 valence electrons. The molecule has 0 bridgehead atoms. The van der Waals surface area contributed by atoms with Crippen molar-refractivity contribution in [2.45, 2.75) is 19.8 Å². The predicted octanol–water partition coefficient (Wildman–Crippen LogP) is 3.64. The van der Waals surface area contributed by atoms with E-state index in [0.717, 1.165) is 11.2 Å². The van der Waals surface area contributed by atoms with Crippen LogP contribution in [0.15, 0.2) is 18.2 Å². The highest BCUT2D eigenvalue weighted by Gasteiger charge is 2.19.